The quantitative estimate of drug-likeness (QED) is 0.212. The number of alkyl halides is 1. The first-order valence-corrected chi connectivity index (χ1v) is 15.7. The Labute approximate surface area is 263 Å². The van der Waals surface area contributed by atoms with Crippen LogP contribution >= 0.6 is 0 Å². The predicted molar refractivity (Wildman–Crippen MR) is 167 cm³/mol. The number of aromatic nitrogens is 2. The highest BCUT2D eigenvalue weighted by Crippen LogP contribution is 2.44. The number of phenols is 1. The molecule has 0 spiro atoms. The molecular weight excluding hydrogens is 598 g/mol. The van der Waals surface area contributed by atoms with E-state index in [2.05, 4.69) is 28.0 Å². The third-order valence-electron chi connectivity index (χ3n) is 10.5. The number of anilines is 1. The second kappa shape index (κ2) is 10.4. The molecule has 7 nitrogen and oxygen atoms in total. The molecule has 3 aromatic carbocycles. The Morgan fingerprint density at radius 2 is 1.98 bits per heavy atom. The van der Waals surface area contributed by atoms with Crippen molar-refractivity contribution in [2.24, 2.45) is 0 Å². The molecule has 4 atom stereocenters. The fraction of sp³-hybridized carbons (Fsp3) is 0.429. The molecule has 0 amide bonds. The minimum atomic E-state index is -1.02. The van der Waals surface area contributed by atoms with E-state index in [0.717, 1.165) is 38.3 Å². The van der Waals surface area contributed by atoms with Gasteiger partial charge >= 0.3 is 6.01 Å². The SMILES string of the molecule is C#Cc1cccc2c(F)c(O)cc(-c3c(F)cc4c(N5C[C@H]6CC[C@](C)(C5)N6)nc(OC[C@@]56CCCN5C[C@H](F)C6)nc4c3F)c12. The molecule has 0 saturated carbocycles. The summed E-state index contributed by atoms with van der Waals surface area (Å²) in [5, 5.41) is 14.3. The third kappa shape index (κ3) is 4.48. The summed E-state index contributed by atoms with van der Waals surface area (Å²) < 4.78 is 68.9. The van der Waals surface area contributed by atoms with E-state index in [9.17, 15) is 9.50 Å². The van der Waals surface area contributed by atoms with E-state index in [-0.39, 0.29) is 57.0 Å². The van der Waals surface area contributed by atoms with E-state index in [1.807, 2.05) is 4.90 Å². The maximum Gasteiger partial charge on any atom is 0.319 e. The standard InChI is InChI=1S/C35H33F4N5O2/c1-3-19-6-4-7-22-27(19)23(13-26(45)29(22)38)28-25(37)12-24-31(30(28)39)40-33(46-18-35-9-5-11-44(35)15-20(36)14-35)41-32(24)43-16-21-8-10-34(2,17-43)42-21/h1,4,6-7,12-13,20-21,42,45H,5,8-11,14-18H2,2H3/t20-,21-,34-,35+/m1/s1. The lowest BCUT2D eigenvalue weighted by Crippen LogP contribution is -2.58. The van der Waals surface area contributed by atoms with Crippen LogP contribution in [0.3, 0.4) is 0 Å². The van der Waals surface area contributed by atoms with E-state index in [1.54, 1.807) is 6.07 Å². The zero-order valence-electron chi connectivity index (χ0n) is 25.3. The number of hydrogen-bond donors (Lipinski definition) is 2. The van der Waals surface area contributed by atoms with Gasteiger partial charge in [0.25, 0.3) is 0 Å². The highest BCUT2D eigenvalue weighted by atomic mass is 19.1. The topological polar surface area (TPSA) is 73.8 Å². The van der Waals surface area contributed by atoms with Crippen LogP contribution in [0.25, 0.3) is 32.8 Å². The van der Waals surface area contributed by atoms with E-state index in [0.29, 0.717) is 31.9 Å². The molecular formula is C35H33F4N5O2. The first-order chi connectivity index (χ1) is 22.1. The Balaban J connectivity index is 1.31. The molecule has 2 N–H and O–H groups in total. The van der Waals surface area contributed by atoms with Crippen molar-refractivity contribution in [1.29, 1.82) is 0 Å². The van der Waals surface area contributed by atoms with Gasteiger partial charge in [0, 0.05) is 64.9 Å². The molecule has 4 aliphatic rings. The highest BCUT2D eigenvalue weighted by Gasteiger charge is 2.49. The Morgan fingerprint density at radius 1 is 1.13 bits per heavy atom. The number of halogens is 4. The number of fused-ring (bicyclic) bond motifs is 5. The second-order valence-electron chi connectivity index (χ2n) is 13.6. The summed E-state index contributed by atoms with van der Waals surface area (Å²) in [7, 11) is 0. The number of nitrogens with one attached hydrogen (secondary N) is 1. The van der Waals surface area contributed by atoms with Crippen LogP contribution in [-0.2, 0) is 0 Å². The number of rotatable bonds is 5. The van der Waals surface area contributed by atoms with Crippen LogP contribution < -0.4 is 15.0 Å². The molecule has 46 heavy (non-hydrogen) atoms. The number of nitrogens with zero attached hydrogens (tertiary/aromatic N) is 4. The van der Waals surface area contributed by atoms with Crippen LogP contribution in [0.5, 0.6) is 11.8 Å². The van der Waals surface area contributed by atoms with Gasteiger partial charge in [-0.3, -0.25) is 4.90 Å². The third-order valence-corrected chi connectivity index (χ3v) is 10.5. The summed E-state index contributed by atoms with van der Waals surface area (Å²) in [5.41, 5.74) is -1.26. The Bertz CT molecular complexity index is 1970. The smallest absolute Gasteiger partial charge is 0.319 e. The molecule has 4 fully saturated rings. The van der Waals surface area contributed by atoms with E-state index >= 15 is 13.2 Å². The highest BCUT2D eigenvalue weighted by molar-refractivity contribution is 6.04. The minimum Gasteiger partial charge on any atom is -0.505 e. The molecule has 2 bridgehead atoms. The number of piperazine rings is 1. The van der Waals surface area contributed by atoms with Crippen LogP contribution in [0, 0.1) is 29.8 Å². The molecule has 0 unspecified atom stereocenters. The Hall–Kier alpha value is -4.14. The van der Waals surface area contributed by atoms with Gasteiger partial charge in [0.05, 0.1) is 11.1 Å². The van der Waals surface area contributed by atoms with E-state index in [1.165, 1.54) is 18.2 Å². The van der Waals surface area contributed by atoms with E-state index in [4.69, 9.17) is 16.1 Å². The van der Waals surface area contributed by atoms with Crippen LogP contribution in [0.2, 0.25) is 0 Å². The number of phenolic OH excluding ortho intramolecular Hbond substituents is 1. The number of aromatic hydroxyl groups is 1. The van der Waals surface area contributed by atoms with Crippen molar-refractivity contribution in [3.63, 3.8) is 0 Å². The van der Waals surface area contributed by atoms with Crippen molar-refractivity contribution in [2.45, 2.75) is 62.3 Å². The van der Waals surface area contributed by atoms with E-state index < -0.39 is 40.5 Å². The summed E-state index contributed by atoms with van der Waals surface area (Å²) in [4.78, 5) is 13.3. The lowest BCUT2D eigenvalue weighted by Gasteiger charge is -2.40. The molecule has 0 aliphatic carbocycles. The van der Waals surface area contributed by atoms with Crippen molar-refractivity contribution >= 4 is 27.5 Å². The monoisotopic (exact) mass is 631 g/mol. The van der Waals surface area contributed by atoms with Crippen molar-refractivity contribution in [2.75, 3.05) is 37.7 Å². The Kier molecular flexibility index (Phi) is 6.64. The molecule has 1 aromatic heterocycles. The number of benzene rings is 3. The van der Waals surface area contributed by atoms with Gasteiger partial charge in [-0.1, -0.05) is 18.1 Å². The van der Waals surface area contributed by atoms with Crippen molar-refractivity contribution in [3.05, 3.63) is 53.3 Å². The zero-order valence-corrected chi connectivity index (χ0v) is 25.3. The lowest BCUT2D eigenvalue weighted by molar-refractivity contribution is 0.107. The van der Waals surface area contributed by atoms with Crippen molar-refractivity contribution < 1.29 is 27.4 Å². The average Bonchev–Trinajstić information content (AvgIpc) is 3.65. The zero-order chi connectivity index (χ0) is 32.0. The van der Waals surface area contributed by atoms with Gasteiger partial charge < -0.3 is 20.1 Å². The summed E-state index contributed by atoms with van der Waals surface area (Å²) in [6.45, 7) is 4.53. The minimum absolute atomic E-state index is 0.0654. The molecule has 4 aromatic rings. The van der Waals surface area contributed by atoms with Crippen LogP contribution in [0.1, 0.15) is 44.6 Å². The van der Waals surface area contributed by atoms with Crippen LogP contribution in [0.4, 0.5) is 23.4 Å². The largest absolute Gasteiger partial charge is 0.505 e. The first-order valence-electron chi connectivity index (χ1n) is 15.7. The van der Waals surface area contributed by atoms with Crippen molar-refractivity contribution in [3.8, 4) is 35.2 Å². The molecule has 8 rings (SSSR count). The summed E-state index contributed by atoms with van der Waals surface area (Å²) >= 11 is 0. The normalized spacial score (nSPS) is 27.4. The van der Waals surface area contributed by atoms with Gasteiger partial charge in [-0.2, -0.15) is 9.97 Å². The maximum atomic E-state index is 16.9. The lowest BCUT2D eigenvalue weighted by atomic mass is 9.92. The van der Waals surface area contributed by atoms with Gasteiger partial charge in [-0.05, 0) is 57.4 Å². The van der Waals surface area contributed by atoms with Gasteiger partial charge in [0.2, 0.25) is 0 Å². The average molecular weight is 632 g/mol. The fourth-order valence-corrected chi connectivity index (χ4v) is 8.42. The predicted octanol–water partition coefficient (Wildman–Crippen LogP) is 5.84. The van der Waals surface area contributed by atoms with Gasteiger partial charge in [-0.15, -0.1) is 6.42 Å². The summed E-state index contributed by atoms with van der Waals surface area (Å²) in [5.74, 6) is -0.857. The number of hydrogen-bond acceptors (Lipinski definition) is 7. The summed E-state index contributed by atoms with van der Waals surface area (Å²) in [6.07, 6.45) is 8.72. The molecule has 5 heterocycles. The molecule has 0 radical (unpaired) electrons. The molecule has 238 valence electrons. The number of ether oxygens (including phenoxy) is 1. The van der Waals surface area contributed by atoms with Gasteiger partial charge in [0.1, 0.15) is 29.9 Å². The first kappa shape index (κ1) is 29.3. The second-order valence-corrected chi connectivity index (χ2v) is 13.6. The molecule has 4 aliphatic heterocycles. The Morgan fingerprint density at radius 3 is 2.78 bits per heavy atom. The molecule has 4 saturated heterocycles. The maximum absolute atomic E-state index is 16.9. The van der Waals surface area contributed by atoms with Gasteiger partial charge in [-0.25, -0.2) is 17.6 Å². The van der Waals surface area contributed by atoms with Crippen LogP contribution in [0.15, 0.2) is 30.3 Å². The number of terminal acetylenes is 1. The van der Waals surface area contributed by atoms with Crippen molar-refractivity contribution in [1.82, 2.24) is 20.2 Å². The molecule has 11 heteroatoms. The van der Waals surface area contributed by atoms with Gasteiger partial charge in [0.15, 0.2) is 17.4 Å². The fourth-order valence-electron chi connectivity index (χ4n) is 8.42. The van der Waals surface area contributed by atoms with Crippen LogP contribution in [-0.4, -0.2) is 76.1 Å². The summed E-state index contributed by atoms with van der Waals surface area (Å²) in [6, 6.07) is 6.72.